The number of hydrogen-bond acceptors (Lipinski definition) is 3. The van der Waals surface area contributed by atoms with Gasteiger partial charge in [0, 0.05) is 17.7 Å². The van der Waals surface area contributed by atoms with Crippen molar-refractivity contribution >= 4 is 17.8 Å². The molecule has 0 atom stereocenters. The molecule has 1 aliphatic heterocycles. The first-order valence-corrected chi connectivity index (χ1v) is 5.66. The number of carbonyl (C=O) groups excluding carboxylic acids is 2. The van der Waals surface area contributed by atoms with Gasteiger partial charge in [0.25, 0.3) is 11.8 Å². The topological polar surface area (TPSA) is 74.7 Å². The smallest absolute Gasteiger partial charge is 0.311 e. The van der Waals surface area contributed by atoms with Crippen LogP contribution in [0.1, 0.15) is 33.1 Å². The highest BCUT2D eigenvalue weighted by atomic mass is 16.4. The number of hydrogen-bond donors (Lipinski definition) is 1. The second-order valence-electron chi connectivity index (χ2n) is 4.89. The lowest BCUT2D eigenvalue weighted by atomic mass is 9.68. The summed E-state index contributed by atoms with van der Waals surface area (Å²) in [7, 11) is 0. The fraction of sp³-hybridized carbons (Fsp3) is 0.583. The Bertz CT molecular complexity index is 421. The molecule has 0 bridgehead atoms. The Morgan fingerprint density at radius 3 is 2.00 bits per heavy atom. The summed E-state index contributed by atoms with van der Waals surface area (Å²) in [5, 5.41) is 9.19. The standard InChI is InChI=1S/C12H15NO4/c1-7-8(2)10(15)13(9(7)14)6-12(11(16)17)4-3-5-12/h3-6H2,1-2H3,(H,16,17). The predicted octanol–water partition coefficient (Wildman–Crippen LogP) is 0.947. The molecule has 0 saturated heterocycles. The van der Waals surface area contributed by atoms with Crippen LogP contribution in [0.5, 0.6) is 0 Å². The molecule has 0 aromatic carbocycles. The van der Waals surface area contributed by atoms with E-state index in [1.165, 1.54) is 0 Å². The maximum absolute atomic E-state index is 11.8. The van der Waals surface area contributed by atoms with E-state index in [2.05, 4.69) is 0 Å². The monoisotopic (exact) mass is 237 g/mol. The summed E-state index contributed by atoms with van der Waals surface area (Å²) >= 11 is 0. The van der Waals surface area contributed by atoms with Gasteiger partial charge in [0.05, 0.1) is 5.41 Å². The summed E-state index contributed by atoms with van der Waals surface area (Å²) in [6, 6.07) is 0. The number of carboxylic acids is 1. The zero-order chi connectivity index (χ0) is 12.8. The van der Waals surface area contributed by atoms with Crippen LogP contribution < -0.4 is 0 Å². The summed E-state index contributed by atoms with van der Waals surface area (Å²) < 4.78 is 0. The van der Waals surface area contributed by atoms with E-state index in [4.69, 9.17) is 0 Å². The van der Waals surface area contributed by atoms with Crippen molar-refractivity contribution in [1.82, 2.24) is 4.90 Å². The fourth-order valence-electron chi connectivity index (χ4n) is 2.31. The highest BCUT2D eigenvalue weighted by molar-refractivity contribution is 6.18. The third-order valence-corrected chi connectivity index (χ3v) is 3.92. The van der Waals surface area contributed by atoms with E-state index in [1.54, 1.807) is 13.8 Å². The Morgan fingerprint density at radius 2 is 1.71 bits per heavy atom. The molecule has 1 fully saturated rings. The van der Waals surface area contributed by atoms with Gasteiger partial charge in [-0.1, -0.05) is 6.42 Å². The summed E-state index contributed by atoms with van der Waals surface area (Å²) in [4.78, 5) is 35.9. The third kappa shape index (κ3) is 1.57. The average Bonchev–Trinajstić information content (AvgIpc) is 2.39. The molecular weight excluding hydrogens is 222 g/mol. The Balaban J connectivity index is 2.19. The SMILES string of the molecule is CC1=C(C)C(=O)N(CC2(C(=O)O)CCC2)C1=O. The largest absolute Gasteiger partial charge is 0.481 e. The lowest BCUT2D eigenvalue weighted by molar-refractivity contribution is -0.158. The molecule has 17 heavy (non-hydrogen) atoms. The summed E-state index contributed by atoms with van der Waals surface area (Å²) in [5.74, 6) is -1.60. The van der Waals surface area contributed by atoms with Crippen LogP contribution in [0.15, 0.2) is 11.1 Å². The minimum absolute atomic E-state index is 0.00861. The number of carboxylic acid groups (broad SMARTS) is 1. The van der Waals surface area contributed by atoms with Crippen LogP contribution in [0.4, 0.5) is 0 Å². The Morgan fingerprint density at radius 1 is 1.24 bits per heavy atom. The van der Waals surface area contributed by atoms with Gasteiger partial charge in [-0.05, 0) is 26.7 Å². The maximum Gasteiger partial charge on any atom is 0.311 e. The zero-order valence-corrected chi connectivity index (χ0v) is 9.95. The fourth-order valence-corrected chi connectivity index (χ4v) is 2.31. The van der Waals surface area contributed by atoms with E-state index < -0.39 is 11.4 Å². The molecule has 0 radical (unpaired) electrons. The van der Waals surface area contributed by atoms with Gasteiger partial charge >= 0.3 is 5.97 Å². The van der Waals surface area contributed by atoms with Crippen LogP contribution in [-0.4, -0.2) is 34.3 Å². The van der Waals surface area contributed by atoms with E-state index in [9.17, 15) is 19.5 Å². The van der Waals surface area contributed by atoms with Gasteiger partial charge in [0.1, 0.15) is 0 Å². The molecule has 1 saturated carbocycles. The highest BCUT2D eigenvalue weighted by Crippen LogP contribution is 2.42. The first-order valence-electron chi connectivity index (χ1n) is 5.66. The highest BCUT2D eigenvalue weighted by Gasteiger charge is 2.49. The van der Waals surface area contributed by atoms with Crippen LogP contribution in [0.2, 0.25) is 0 Å². The Labute approximate surface area is 99.1 Å². The third-order valence-electron chi connectivity index (χ3n) is 3.92. The molecule has 92 valence electrons. The van der Waals surface area contributed by atoms with E-state index in [0.717, 1.165) is 11.3 Å². The molecule has 2 amide bonds. The van der Waals surface area contributed by atoms with Gasteiger partial charge < -0.3 is 5.11 Å². The molecule has 5 heteroatoms. The van der Waals surface area contributed by atoms with Crippen molar-refractivity contribution in [3.8, 4) is 0 Å². The second kappa shape index (κ2) is 3.68. The van der Waals surface area contributed by atoms with E-state index in [0.29, 0.717) is 24.0 Å². The predicted molar refractivity (Wildman–Crippen MR) is 59.0 cm³/mol. The molecule has 0 unspecified atom stereocenters. The first kappa shape index (κ1) is 11.8. The number of nitrogens with zero attached hydrogens (tertiary/aromatic N) is 1. The number of carbonyl (C=O) groups is 3. The molecule has 0 spiro atoms. The lowest BCUT2D eigenvalue weighted by Gasteiger charge is -2.39. The van der Waals surface area contributed by atoms with Crippen molar-refractivity contribution in [3.05, 3.63) is 11.1 Å². The van der Waals surface area contributed by atoms with Crippen LogP contribution in [0.25, 0.3) is 0 Å². The van der Waals surface area contributed by atoms with Gasteiger partial charge in [-0.25, -0.2) is 0 Å². The van der Waals surface area contributed by atoms with Crippen molar-refractivity contribution in [1.29, 1.82) is 0 Å². The van der Waals surface area contributed by atoms with Crippen LogP contribution in [-0.2, 0) is 14.4 Å². The molecule has 2 rings (SSSR count). The summed E-state index contributed by atoms with van der Waals surface area (Å²) in [6.07, 6.45) is 1.92. The minimum Gasteiger partial charge on any atom is -0.481 e. The Kier molecular flexibility index (Phi) is 2.56. The molecular formula is C12H15NO4. The van der Waals surface area contributed by atoms with E-state index in [-0.39, 0.29) is 18.4 Å². The normalized spacial score (nSPS) is 23.1. The number of rotatable bonds is 3. The van der Waals surface area contributed by atoms with Crippen molar-refractivity contribution in [2.24, 2.45) is 5.41 Å². The van der Waals surface area contributed by atoms with Gasteiger partial charge in [-0.2, -0.15) is 0 Å². The van der Waals surface area contributed by atoms with Crippen LogP contribution >= 0.6 is 0 Å². The summed E-state index contributed by atoms with van der Waals surface area (Å²) in [5.41, 5.74) is -0.0549. The van der Waals surface area contributed by atoms with Crippen molar-refractivity contribution in [2.45, 2.75) is 33.1 Å². The van der Waals surface area contributed by atoms with Crippen molar-refractivity contribution in [3.63, 3.8) is 0 Å². The first-order chi connectivity index (χ1) is 7.89. The second-order valence-corrected chi connectivity index (χ2v) is 4.89. The molecule has 0 aromatic rings. The Hall–Kier alpha value is -1.65. The maximum atomic E-state index is 11.8. The minimum atomic E-state index is -0.911. The van der Waals surface area contributed by atoms with Gasteiger partial charge in [0.2, 0.25) is 0 Å². The van der Waals surface area contributed by atoms with E-state index >= 15 is 0 Å². The lowest BCUT2D eigenvalue weighted by Crippen LogP contribution is -2.49. The van der Waals surface area contributed by atoms with Crippen molar-refractivity contribution < 1.29 is 19.5 Å². The summed E-state index contributed by atoms with van der Waals surface area (Å²) in [6.45, 7) is 3.21. The van der Waals surface area contributed by atoms with Gasteiger partial charge in [-0.15, -0.1) is 0 Å². The number of imide groups is 1. The molecule has 0 aromatic heterocycles. The van der Waals surface area contributed by atoms with Gasteiger partial charge in [-0.3, -0.25) is 19.3 Å². The molecule has 2 aliphatic rings. The zero-order valence-electron chi connectivity index (χ0n) is 9.95. The number of amides is 2. The molecule has 5 nitrogen and oxygen atoms in total. The molecule has 1 aliphatic carbocycles. The van der Waals surface area contributed by atoms with Gasteiger partial charge in [0.15, 0.2) is 0 Å². The van der Waals surface area contributed by atoms with E-state index in [1.807, 2.05) is 0 Å². The van der Waals surface area contributed by atoms with Crippen molar-refractivity contribution in [2.75, 3.05) is 6.54 Å². The average molecular weight is 237 g/mol. The quantitative estimate of drug-likeness (QED) is 0.741. The van der Waals surface area contributed by atoms with Crippen LogP contribution in [0, 0.1) is 5.41 Å². The van der Waals surface area contributed by atoms with Crippen LogP contribution in [0.3, 0.4) is 0 Å². The molecule has 1 N–H and O–H groups in total. The molecule has 1 heterocycles. The number of aliphatic carboxylic acids is 1.